The summed E-state index contributed by atoms with van der Waals surface area (Å²) in [5.74, 6) is -1.05. The summed E-state index contributed by atoms with van der Waals surface area (Å²) in [6.07, 6.45) is 3.91. The lowest BCUT2D eigenvalue weighted by Crippen LogP contribution is -2.07. The average Bonchev–Trinajstić information content (AvgIpc) is 2.74. The quantitative estimate of drug-likeness (QED) is 0.836. The minimum Gasteiger partial charge on any atom is -0.355 e. The lowest BCUT2D eigenvalue weighted by molar-refractivity contribution is 0.508. The highest BCUT2D eigenvalue weighted by Gasteiger charge is 2.09. The molecule has 0 unspecified atom stereocenters. The molecule has 2 aromatic rings. The van der Waals surface area contributed by atoms with Gasteiger partial charge in [0, 0.05) is 18.8 Å². The van der Waals surface area contributed by atoms with Crippen molar-refractivity contribution in [3.8, 4) is 5.69 Å². The molecule has 1 heterocycles. The number of rotatable bonds is 5. The van der Waals surface area contributed by atoms with E-state index in [4.69, 9.17) is 0 Å². The largest absolute Gasteiger partial charge is 0.355 e. The van der Waals surface area contributed by atoms with Crippen LogP contribution in [0.15, 0.2) is 24.4 Å². The molecule has 3 nitrogen and oxygen atoms in total. The van der Waals surface area contributed by atoms with Crippen molar-refractivity contribution in [3.05, 3.63) is 41.7 Å². The molecule has 19 heavy (non-hydrogen) atoms. The summed E-state index contributed by atoms with van der Waals surface area (Å²) in [5.41, 5.74) is 1.38. The van der Waals surface area contributed by atoms with Gasteiger partial charge in [0.1, 0.15) is 0 Å². The van der Waals surface area contributed by atoms with E-state index in [1.54, 1.807) is 10.8 Å². The number of anilines is 1. The van der Waals surface area contributed by atoms with Crippen LogP contribution in [0.2, 0.25) is 0 Å². The van der Waals surface area contributed by atoms with Crippen LogP contribution in [0, 0.1) is 18.6 Å². The summed E-state index contributed by atoms with van der Waals surface area (Å²) < 4.78 is 28.0. The summed E-state index contributed by atoms with van der Waals surface area (Å²) in [7, 11) is 0. The van der Waals surface area contributed by atoms with Crippen LogP contribution in [0.3, 0.4) is 0 Å². The Morgan fingerprint density at radius 1 is 1.26 bits per heavy atom. The van der Waals surface area contributed by atoms with Gasteiger partial charge in [0.25, 0.3) is 0 Å². The number of hydrogen-bond acceptors (Lipinski definition) is 2. The molecule has 1 aromatic heterocycles. The number of nitrogens with zero attached hydrogens (tertiary/aromatic N) is 2. The first-order valence-electron chi connectivity index (χ1n) is 6.37. The Labute approximate surface area is 111 Å². The minimum absolute atomic E-state index is 0.554. The van der Waals surface area contributed by atoms with Crippen molar-refractivity contribution in [1.82, 2.24) is 9.55 Å². The molecule has 1 N–H and O–H groups in total. The van der Waals surface area contributed by atoms with Gasteiger partial charge in [-0.2, -0.15) is 0 Å². The van der Waals surface area contributed by atoms with Gasteiger partial charge in [-0.25, -0.2) is 13.8 Å². The van der Waals surface area contributed by atoms with E-state index in [1.165, 1.54) is 12.1 Å². The molecule has 0 aliphatic heterocycles. The normalized spacial score (nSPS) is 10.7. The second-order valence-electron chi connectivity index (χ2n) is 4.45. The molecule has 0 spiro atoms. The zero-order valence-corrected chi connectivity index (χ0v) is 11.1. The van der Waals surface area contributed by atoms with Gasteiger partial charge in [-0.1, -0.05) is 13.3 Å². The van der Waals surface area contributed by atoms with E-state index in [0.29, 0.717) is 11.6 Å². The first kappa shape index (κ1) is 13.5. The third-order valence-corrected chi connectivity index (χ3v) is 2.82. The van der Waals surface area contributed by atoms with E-state index in [2.05, 4.69) is 17.2 Å². The highest BCUT2D eigenvalue weighted by Crippen LogP contribution is 2.19. The maximum absolute atomic E-state index is 13.3. The van der Waals surface area contributed by atoms with Crippen molar-refractivity contribution in [2.75, 3.05) is 11.9 Å². The molecule has 0 amide bonds. The van der Waals surface area contributed by atoms with Gasteiger partial charge in [0.2, 0.25) is 5.95 Å². The summed E-state index contributed by atoms with van der Waals surface area (Å²) in [6, 6.07) is 3.82. The number of nitrogens with one attached hydrogen (secondary N) is 1. The molecule has 5 heteroatoms. The van der Waals surface area contributed by atoms with Crippen LogP contribution in [-0.4, -0.2) is 16.1 Å². The molecule has 0 bridgehead atoms. The van der Waals surface area contributed by atoms with Crippen molar-refractivity contribution in [1.29, 1.82) is 0 Å². The Morgan fingerprint density at radius 2 is 2.05 bits per heavy atom. The van der Waals surface area contributed by atoms with E-state index < -0.39 is 11.6 Å². The van der Waals surface area contributed by atoms with Gasteiger partial charge in [0.05, 0.1) is 11.4 Å². The van der Waals surface area contributed by atoms with E-state index in [0.717, 1.165) is 31.1 Å². The first-order valence-corrected chi connectivity index (χ1v) is 6.37. The number of unbranched alkanes of at least 4 members (excludes halogenated alkanes) is 1. The maximum Gasteiger partial charge on any atom is 0.207 e. The number of halogens is 2. The predicted molar refractivity (Wildman–Crippen MR) is 71.6 cm³/mol. The van der Waals surface area contributed by atoms with Gasteiger partial charge < -0.3 is 5.32 Å². The number of benzene rings is 1. The highest BCUT2D eigenvalue weighted by atomic mass is 19.2. The zero-order valence-electron chi connectivity index (χ0n) is 11.1. The Kier molecular flexibility index (Phi) is 4.14. The Morgan fingerprint density at radius 3 is 2.74 bits per heavy atom. The molecular formula is C14H17F2N3. The van der Waals surface area contributed by atoms with Crippen LogP contribution in [0.5, 0.6) is 0 Å². The first-order chi connectivity index (χ1) is 9.11. The number of aryl methyl sites for hydroxylation is 1. The average molecular weight is 265 g/mol. The third kappa shape index (κ3) is 3.10. The van der Waals surface area contributed by atoms with Crippen LogP contribution < -0.4 is 5.32 Å². The van der Waals surface area contributed by atoms with Crippen LogP contribution in [0.4, 0.5) is 14.7 Å². The molecule has 0 atom stereocenters. The second kappa shape index (κ2) is 5.82. The fourth-order valence-corrected chi connectivity index (χ4v) is 1.83. The summed E-state index contributed by atoms with van der Waals surface area (Å²) >= 11 is 0. The molecule has 2 rings (SSSR count). The minimum atomic E-state index is -0.858. The van der Waals surface area contributed by atoms with Crippen molar-refractivity contribution in [2.24, 2.45) is 0 Å². The summed E-state index contributed by atoms with van der Waals surface area (Å²) in [5, 5.41) is 3.20. The van der Waals surface area contributed by atoms with Crippen molar-refractivity contribution < 1.29 is 8.78 Å². The van der Waals surface area contributed by atoms with E-state index in [1.807, 2.05) is 6.92 Å². The molecule has 0 fully saturated rings. The highest BCUT2D eigenvalue weighted by molar-refractivity contribution is 5.43. The topological polar surface area (TPSA) is 29.9 Å². The van der Waals surface area contributed by atoms with Crippen LogP contribution in [-0.2, 0) is 0 Å². The van der Waals surface area contributed by atoms with Gasteiger partial charge in [0.15, 0.2) is 11.6 Å². The van der Waals surface area contributed by atoms with Crippen molar-refractivity contribution in [2.45, 2.75) is 26.7 Å². The molecule has 0 saturated heterocycles. The summed E-state index contributed by atoms with van der Waals surface area (Å²) in [4.78, 5) is 4.35. The van der Waals surface area contributed by atoms with Crippen LogP contribution in [0.25, 0.3) is 5.69 Å². The smallest absolute Gasteiger partial charge is 0.207 e. The van der Waals surface area contributed by atoms with Crippen molar-refractivity contribution in [3.63, 3.8) is 0 Å². The zero-order chi connectivity index (χ0) is 13.8. The van der Waals surface area contributed by atoms with E-state index in [9.17, 15) is 8.78 Å². The van der Waals surface area contributed by atoms with Gasteiger partial charge in [-0.05, 0) is 25.5 Å². The molecular weight excluding hydrogens is 248 g/mol. The molecule has 0 radical (unpaired) electrons. The lowest BCUT2D eigenvalue weighted by Gasteiger charge is -2.09. The standard InChI is InChI=1S/C14H17F2N3/c1-3-4-7-17-14-18-10(2)9-19(14)11-5-6-12(15)13(16)8-11/h5-6,8-9H,3-4,7H2,1-2H3,(H,17,18). The Hall–Kier alpha value is -1.91. The summed E-state index contributed by atoms with van der Waals surface area (Å²) in [6.45, 7) is 4.77. The monoisotopic (exact) mass is 265 g/mol. The fourth-order valence-electron chi connectivity index (χ4n) is 1.83. The van der Waals surface area contributed by atoms with Gasteiger partial charge in [-0.15, -0.1) is 0 Å². The fraction of sp³-hybridized carbons (Fsp3) is 0.357. The molecule has 0 aliphatic carbocycles. The molecule has 0 aliphatic rings. The second-order valence-corrected chi connectivity index (χ2v) is 4.45. The number of imidazole rings is 1. The third-order valence-electron chi connectivity index (χ3n) is 2.82. The van der Waals surface area contributed by atoms with E-state index >= 15 is 0 Å². The Balaban J connectivity index is 2.29. The molecule has 1 aromatic carbocycles. The maximum atomic E-state index is 13.3. The molecule has 102 valence electrons. The van der Waals surface area contributed by atoms with E-state index in [-0.39, 0.29) is 0 Å². The number of hydrogen-bond donors (Lipinski definition) is 1. The lowest BCUT2D eigenvalue weighted by atomic mass is 10.3. The van der Waals surface area contributed by atoms with Gasteiger partial charge in [-0.3, -0.25) is 4.57 Å². The SMILES string of the molecule is CCCCNc1nc(C)cn1-c1ccc(F)c(F)c1. The number of aromatic nitrogens is 2. The van der Waals surface area contributed by atoms with Gasteiger partial charge >= 0.3 is 0 Å². The van der Waals surface area contributed by atoms with Crippen molar-refractivity contribution >= 4 is 5.95 Å². The molecule has 0 saturated carbocycles. The van der Waals surface area contributed by atoms with Crippen LogP contribution in [0.1, 0.15) is 25.5 Å². The van der Waals surface area contributed by atoms with Crippen LogP contribution >= 0.6 is 0 Å². The predicted octanol–water partition coefficient (Wildman–Crippen LogP) is 3.67. The Bertz CT molecular complexity index is 564.